The highest BCUT2D eigenvalue weighted by Crippen LogP contribution is 2.49. The zero-order valence-electron chi connectivity index (χ0n) is 8.23. The van der Waals surface area contributed by atoms with Crippen molar-refractivity contribution in [3.8, 4) is 0 Å². The minimum absolute atomic E-state index is 0.0269. The Morgan fingerprint density at radius 2 is 2.47 bits per heavy atom. The highest BCUT2D eigenvalue weighted by atomic mass is 16.5. The van der Waals surface area contributed by atoms with Crippen molar-refractivity contribution in [3.05, 3.63) is 16.7 Å². The van der Waals surface area contributed by atoms with E-state index in [-0.39, 0.29) is 23.8 Å². The molecule has 0 N–H and O–H groups in total. The number of hydrogen-bond acceptors (Lipinski definition) is 6. The number of hydrogen-bond donors (Lipinski definition) is 0. The van der Waals surface area contributed by atoms with Gasteiger partial charge in [0.05, 0.1) is 5.41 Å². The molecule has 1 aliphatic carbocycles. The second-order valence-electron chi connectivity index (χ2n) is 3.70. The van der Waals surface area contributed by atoms with Crippen molar-refractivity contribution in [2.24, 2.45) is 5.18 Å². The maximum absolute atomic E-state index is 10.7. The number of nitrogens with zero attached hydrogens (tertiary/aromatic N) is 2. The first-order chi connectivity index (χ1) is 7.16. The van der Waals surface area contributed by atoms with Gasteiger partial charge in [-0.05, 0) is 18.0 Å². The predicted molar refractivity (Wildman–Crippen MR) is 49.5 cm³/mol. The molecule has 6 nitrogen and oxygen atoms in total. The van der Waals surface area contributed by atoms with Gasteiger partial charge in [0.15, 0.2) is 0 Å². The first-order valence-electron chi connectivity index (χ1n) is 4.60. The van der Waals surface area contributed by atoms with Gasteiger partial charge in [-0.25, -0.2) is 0 Å². The molecule has 2 rings (SSSR count). The maximum Gasteiger partial charge on any atom is 0.302 e. The van der Waals surface area contributed by atoms with E-state index in [2.05, 4.69) is 10.3 Å². The molecule has 0 radical (unpaired) electrons. The lowest BCUT2D eigenvalue weighted by Crippen LogP contribution is -2.16. The summed E-state index contributed by atoms with van der Waals surface area (Å²) in [4.78, 5) is 20.8. The highest BCUT2D eigenvalue weighted by Gasteiger charge is 2.49. The maximum atomic E-state index is 10.7. The second kappa shape index (κ2) is 3.45. The third-order valence-corrected chi connectivity index (χ3v) is 2.52. The molecule has 0 aromatic carbocycles. The Bertz CT molecular complexity index is 395. The van der Waals surface area contributed by atoms with Gasteiger partial charge in [0.2, 0.25) is 5.82 Å². The minimum Gasteiger partial charge on any atom is -0.465 e. The molecule has 0 aliphatic heterocycles. The summed E-state index contributed by atoms with van der Waals surface area (Å²) >= 11 is 0. The van der Waals surface area contributed by atoms with Crippen molar-refractivity contribution >= 4 is 11.8 Å². The molecule has 1 saturated carbocycles. The van der Waals surface area contributed by atoms with Crippen LogP contribution in [0.25, 0.3) is 0 Å². The molecule has 0 saturated heterocycles. The summed E-state index contributed by atoms with van der Waals surface area (Å²) in [6.45, 7) is 1.63. The summed E-state index contributed by atoms with van der Waals surface area (Å²) in [7, 11) is 0. The molecule has 0 bridgehead atoms. The van der Waals surface area contributed by atoms with Crippen molar-refractivity contribution in [3.63, 3.8) is 0 Å². The molecule has 80 valence electrons. The van der Waals surface area contributed by atoms with E-state index in [0.29, 0.717) is 5.76 Å². The van der Waals surface area contributed by atoms with Crippen LogP contribution in [0.2, 0.25) is 0 Å². The highest BCUT2D eigenvalue weighted by molar-refractivity contribution is 5.66. The number of carbonyl (C=O) groups excluding carboxylic acids is 1. The topological polar surface area (TPSA) is 81.8 Å². The van der Waals surface area contributed by atoms with Crippen molar-refractivity contribution in [2.45, 2.75) is 25.2 Å². The van der Waals surface area contributed by atoms with E-state index >= 15 is 0 Å². The van der Waals surface area contributed by atoms with Crippen LogP contribution < -0.4 is 0 Å². The zero-order valence-corrected chi connectivity index (χ0v) is 8.23. The Morgan fingerprint density at radius 1 is 1.73 bits per heavy atom. The third-order valence-electron chi connectivity index (χ3n) is 2.52. The molecule has 1 heterocycles. The van der Waals surface area contributed by atoms with E-state index in [1.165, 1.54) is 13.0 Å². The summed E-state index contributed by atoms with van der Waals surface area (Å²) in [6.07, 6.45) is 1.74. The van der Waals surface area contributed by atoms with Gasteiger partial charge in [-0.2, -0.15) is 0 Å². The zero-order chi connectivity index (χ0) is 10.9. The van der Waals surface area contributed by atoms with Crippen molar-refractivity contribution in [1.29, 1.82) is 0 Å². The molecule has 0 amide bonds. The van der Waals surface area contributed by atoms with E-state index in [0.717, 1.165) is 12.8 Å². The fourth-order valence-corrected chi connectivity index (χ4v) is 1.41. The summed E-state index contributed by atoms with van der Waals surface area (Å²) in [5.74, 6) is 0.270. The van der Waals surface area contributed by atoms with Crippen LogP contribution in [0.4, 0.5) is 5.82 Å². The van der Waals surface area contributed by atoms with E-state index in [1.54, 1.807) is 0 Å². The van der Waals surface area contributed by atoms with Crippen LogP contribution in [0, 0.1) is 4.91 Å². The molecular weight excluding hydrogens is 200 g/mol. The summed E-state index contributed by atoms with van der Waals surface area (Å²) < 4.78 is 9.91. The normalized spacial score (nSPS) is 17.1. The fraction of sp³-hybridized carbons (Fsp3) is 0.556. The van der Waals surface area contributed by atoms with Crippen LogP contribution in [0.15, 0.2) is 15.8 Å². The lowest BCUT2D eigenvalue weighted by molar-refractivity contribution is -0.142. The number of ether oxygens (including phenoxy) is 1. The number of rotatable bonds is 4. The number of carbonyl (C=O) groups is 1. The molecule has 0 spiro atoms. The molecule has 0 unspecified atom stereocenters. The van der Waals surface area contributed by atoms with Gasteiger partial charge in [0.25, 0.3) is 0 Å². The van der Waals surface area contributed by atoms with E-state index in [9.17, 15) is 9.70 Å². The molecule has 6 heteroatoms. The van der Waals surface area contributed by atoms with Crippen molar-refractivity contribution < 1.29 is 14.1 Å². The molecule has 1 fully saturated rings. The van der Waals surface area contributed by atoms with Gasteiger partial charge < -0.3 is 9.26 Å². The summed E-state index contributed by atoms with van der Waals surface area (Å²) in [5.41, 5.74) is -0.276. The summed E-state index contributed by atoms with van der Waals surface area (Å²) in [5, 5.41) is 6.14. The number of nitroso groups, excluding NO2 is 1. The number of esters is 1. The molecule has 15 heavy (non-hydrogen) atoms. The summed E-state index contributed by atoms with van der Waals surface area (Å²) in [6, 6.07) is 1.49. The minimum atomic E-state index is -0.325. The lowest BCUT2D eigenvalue weighted by Gasteiger charge is -2.09. The smallest absolute Gasteiger partial charge is 0.302 e. The van der Waals surface area contributed by atoms with E-state index in [4.69, 9.17) is 9.26 Å². The van der Waals surface area contributed by atoms with Gasteiger partial charge in [0.1, 0.15) is 12.4 Å². The van der Waals surface area contributed by atoms with Crippen molar-refractivity contribution in [1.82, 2.24) is 5.16 Å². The van der Waals surface area contributed by atoms with Gasteiger partial charge >= 0.3 is 5.97 Å². The Kier molecular flexibility index (Phi) is 2.26. The third kappa shape index (κ3) is 1.88. The average molecular weight is 210 g/mol. The van der Waals surface area contributed by atoms with Gasteiger partial charge in [-0.3, -0.25) is 4.79 Å². The van der Waals surface area contributed by atoms with Crippen LogP contribution in [-0.4, -0.2) is 17.7 Å². The Hall–Kier alpha value is -1.72. The van der Waals surface area contributed by atoms with E-state index in [1.807, 2.05) is 0 Å². The van der Waals surface area contributed by atoms with Crippen LogP contribution in [-0.2, 0) is 14.9 Å². The van der Waals surface area contributed by atoms with Crippen LogP contribution in [0.5, 0.6) is 0 Å². The van der Waals surface area contributed by atoms with Crippen molar-refractivity contribution in [2.75, 3.05) is 6.61 Å². The fourth-order valence-electron chi connectivity index (χ4n) is 1.41. The number of aromatic nitrogens is 1. The largest absolute Gasteiger partial charge is 0.465 e. The predicted octanol–water partition coefficient (Wildman–Crippen LogP) is 1.67. The SMILES string of the molecule is CC(=O)OCC1(c2cc(N=O)no2)CC1. The van der Waals surface area contributed by atoms with Crippen LogP contribution in [0.1, 0.15) is 25.5 Å². The van der Waals surface area contributed by atoms with Gasteiger partial charge in [-0.15, -0.1) is 4.91 Å². The molecule has 1 aliphatic rings. The monoisotopic (exact) mass is 210 g/mol. The molecule has 0 atom stereocenters. The quantitative estimate of drug-likeness (QED) is 0.557. The second-order valence-corrected chi connectivity index (χ2v) is 3.70. The molecule has 1 aromatic heterocycles. The van der Waals surface area contributed by atoms with Gasteiger partial charge in [-0.1, -0.05) is 5.16 Å². The first kappa shape index (κ1) is 9.82. The molecule has 1 aromatic rings. The average Bonchev–Trinajstić information content (AvgIpc) is 2.85. The van der Waals surface area contributed by atoms with E-state index < -0.39 is 0 Å². The van der Waals surface area contributed by atoms with Crippen LogP contribution >= 0.6 is 0 Å². The first-order valence-corrected chi connectivity index (χ1v) is 4.60. The Labute approximate surface area is 85.6 Å². The Morgan fingerprint density at radius 3 is 2.93 bits per heavy atom. The van der Waals surface area contributed by atoms with Gasteiger partial charge in [0, 0.05) is 13.0 Å². The van der Waals surface area contributed by atoms with Crippen LogP contribution in [0.3, 0.4) is 0 Å². The lowest BCUT2D eigenvalue weighted by atomic mass is 10.1. The standard InChI is InChI=1S/C9H10N2O4/c1-6(12)14-5-9(2-3-9)7-4-8(10-13)11-15-7/h4H,2-3,5H2,1H3. The Balaban J connectivity index is 2.08. The molecular formula is C9H10N2O4.